The molecule has 0 aromatic carbocycles. The van der Waals surface area contributed by atoms with Crippen molar-refractivity contribution in [2.75, 3.05) is 31.3 Å². The first-order valence-electron chi connectivity index (χ1n) is 5.62. The third-order valence-corrected chi connectivity index (χ3v) is 3.54. The maximum absolute atomic E-state index is 4.52. The highest BCUT2D eigenvalue weighted by Crippen LogP contribution is 2.18. The normalized spacial score (nSPS) is 19.5. The fourth-order valence-corrected chi connectivity index (χ4v) is 2.33. The molecule has 1 saturated heterocycles. The van der Waals surface area contributed by atoms with Gasteiger partial charge in [-0.3, -0.25) is 0 Å². The summed E-state index contributed by atoms with van der Waals surface area (Å²) in [5.74, 6) is 1.02. The summed E-state index contributed by atoms with van der Waals surface area (Å²) < 4.78 is 0. The van der Waals surface area contributed by atoms with Crippen LogP contribution < -0.4 is 10.2 Å². The van der Waals surface area contributed by atoms with Crippen LogP contribution in [0.1, 0.15) is 12.8 Å². The Bertz CT molecular complexity index is 344. The molecule has 1 N–H and O–H groups in total. The predicted octanol–water partition coefficient (Wildman–Crippen LogP) is 1.81. The molecule has 1 aromatic rings. The van der Waals surface area contributed by atoms with Crippen molar-refractivity contribution < 1.29 is 0 Å². The Morgan fingerprint density at radius 1 is 1.53 bits per heavy atom. The lowest BCUT2D eigenvalue weighted by Crippen LogP contribution is -2.44. The first kappa shape index (κ1) is 14.5. The molecule has 1 fully saturated rings. The van der Waals surface area contributed by atoms with E-state index < -0.39 is 0 Å². The van der Waals surface area contributed by atoms with Gasteiger partial charge < -0.3 is 10.2 Å². The Labute approximate surface area is 113 Å². The van der Waals surface area contributed by atoms with Crippen molar-refractivity contribution in [3.05, 3.63) is 12.3 Å². The summed E-state index contributed by atoms with van der Waals surface area (Å²) in [6.07, 6.45) is 6.32. The molecule has 0 aliphatic carbocycles. The van der Waals surface area contributed by atoms with Gasteiger partial charge in [-0.2, -0.15) is 0 Å². The second-order valence-electron chi connectivity index (χ2n) is 4.01. The van der Waals surface area contributed by atoms with E-state index in [1.807, 2.05) is 18.5 Å². The highest BCUT2D eigenvalue weighted by molar-refractivity contribution is 7.98. The average molecular weight is 275 g/mol. The van der Waals surface area contributed by atoms with Gasteiger partial charge in [0.1, 0.15) is 5.82 Å². The van der Waals surface area contributed by atoms with Crippen LogP contribution in [0, 0.1) is 0 Å². The molecule has 1 aromatic heterocycles. The maximum atomic E-state index is 4.52. The van der Waals surface area contributed by atoms with Crippen LogP contribution in [0.15, 0.2) is 17.4 Å². The van der Waals surface area contributed by atoms with Gasteiger partial charge in [0.25, 0.3) is 0 Å². The third-order valence-electron chi connectivity index (χ3n) is 2.98. The van der Waals surface area contributed by atoms with Gasteiger partial charge in [0, 0.05) is 25.8 Å². The van der Waals surface area contributed by atoms with Gasteiger partial charge in [-0.15, -0.1) is 12.4 Å². The zero-order chi connectivity index (χ0) is 11.4. The molecule has 1 aliphatic rings. The Morgan fingerprint density at radius 3 is 3.00 bits per heavy atom. The van der Waals surface area contributed by atoms with Crippen LogP contribution in [0.3, 0.4) is 0 Å². The van der Waals surface area contributed by atoms with Crippen LogP contribution in [0.5, 0.6) is 0 Å². The number of hydrogen-bond donors (Lipinski definition) is 1. The van der Waals surface area contributed by atoms with Crippen molar-refractivity contribution >= 4 is 30.0 Å². The molecule has 0 bridgehead atoms. The van der Waals surface area contributed by atoms with Gasteiger partial charge in [-0.05, 0) is 31.7 Å². The second-order valence-corrected chi connectivity index (χ2v) is 4.79. The SMILES string of the molecule is CSc1nccc(N(C)C2CCCNC2)n1.Cl. The van der Waals surface area contributed by atoms with Crippen LogP contribution in [0.4, 0.5) is 5.82 Å². The number of likely N-dealkylation sites (N-methyl/N-ethyl adjacent to an activating group) is 1. The molecular weight excluding hydrogens is 256 g/mol. The van der Waals surface area contributed by atoms with E-state index in [2.05, 4.69) is 27.2 Å². The molecule has 0 amide bonds. The molecule has 1 aliphatic heterocycles. The highest BCUT2D eigenvalue weighted by atomic mass is 35.5. The van der Waals surface area contributed by atoms with Gasteiger partial charge in [-0.1, -0.05) is 11.8 Å². The van der Waals surface area contributed by atoms with Gasteiger partial charge in [-0.25, -0.2) is 9.97 Å². The Balaban J connectivity index is 0.00000144. The van der Waals surface area contributed by atoms with Gasteiger partial charge in [0.05, 0.1) is 0 Å². The molecule has 1 atom stereocenters. The fourth-order valence-electron chi connectivity index (χ4n) is 1.98. The lowest BCUT2D eigenvalue weighted by molar-refractivity contribution is 0.442. The number of thioether (sulfide) groups is 1. The van der Waals surface area contributed by atoms with Crippen LogP contribution in [-0.2, 0) is 0 Å². The summed E-state index contributed by atoms with van der Waals surface area (Å²) in [5, 5.41) is 4.26. The Hall–Kier alpha value is -0.520. The monoisotopic (exact) mass is 274 g/mol. The zero-order valence-electron chi connectivity index (χ0n) is 10.2. The molecule has 4 nitrogen and oxygen atoms in total. The minimum absolute atomic E-state index is 0. The van der Waals surface area contributed by atoms with E-state index in [-0.39, 0.29) is 12.4 Å². The van der Waals surface area contributed by atoms with E-state index in [1.165, 1.54) is 12.8 Å². The number of aromatic nitrogens is 2. The molecule has 17 heavy (non-hydrogen) atoms. The largest absolute Gasteiger partial charge is 0.355 e. The molecule has 0 saturated carbocycles. The van der Waals surface area contributed by atoms with Gasteiger partial charge in [0.15, 0.2) is 5.16 Å². The van der Waals surface area contributed by atoms with Crippen molar-refractivity contribution in [1.82, 2.24) is 15.3 Å². The molecular formula is C11H19ClN4S. The standard InChI is InChI=1S/C11H18N4S.ClH/c1-15(9-4-3-6-12-8-9)10-5-7-13-11(14-10)16-2;/h5,7,9,12H,3-4,6,8H2,1-2H3;1H. The van der Waals surface area contributed by atoms with Crippen molar-refractivity contribution in [3.63, 3.8) is 0 Å². The van der Waals surface area contributed by atoms with E-state index in [0.29, 0.717) is 6.04 Å². The molecule has 2 heterocycles. The summed E-state index contributed by atoms with van der Waals surface area (Å²) >= 11 is 1.58. The van der Waals surface area contributed by atoms with Gasteiger partial charge >= 0.3 is 0 Å². The number of halogens is 1. The zero-order valence-corrected chi connectivity index (χ0v) is 11.9. The minimum Gasteiger partial charge on any atom is -0.355 e. The number of nitrogens with zero attached hydrogens (tertiary/aromatic N) is 3. The van der Waals surface area contributed by atoms with E-state index in [4.69, 9.17) is 0 Å². The molecule has 0 spiro atoms. The minimum atomic E-state index is 0. The number of nitrogens with one attached hydrogen (secondary N) is 1. The van der Waals surface area contributed by atoms with Crippen LogP contribution in [-0.4, -0.2) is 42.4 Å². The van der Waals surface area contributed by atoms with Crippen LogP contribution >= 0.6 is 24.2 Å². The topological polar surface area (TPSA) is 41.1 Å². The fraction of sp³-hybridized carbons (Fsp3) is 0.636. The van der Waals surface area contributed by atoms with Crippen molar-refractivity contribution in [2.45, 2.75) is 24.0 Å². The van der Waals surface area contributed by atoms with Crippen molar-refractivity contribution in [2.24, 2.45) is 0 Å². The predicted molar refractivity (Wildman–Crippen MR) is 75.4 cm³/mol. The van der Waals surface area contributed by atoms with Crippen molar-refractivity contribution in [1.29, 1.82) is 0 Å². The van der Waals surface area contributed by atoms with Crippen molar-refractivity contribution in [3.8, 4) is 0 Å². The average Bonchev–Trinajstić information content (AvgIpc) is 2.39. The molecule has 6 heteroatoms. The summed E-state index contributed by atoms with van der Waals surface area (Å²) in [5.41, 5.74) is 0. The Kier molecular flexibility index (Phi) is 6.02. The molecule has 2 rings (SSSR count). The first-order chi connectivity index (χ1) is 7.81. The number of rotatable bonds is 3. The highest BCUT2D eigenvalue weighted by Gasteiger charge is 2.18. The second kappa shape index (κ2) is 7.03. The molecule has 96 valence electrons. The van der Waals surface area contributed by atoms with E-state index in [0.717, 1.165) is 24.1 Å². The van der Waals surface area contributed by atoms with E-state index in [1.54, 1.807) is 11.8 Å². The number of piperidine rings is 1. The van der Waals surface area contributed by atoms with Gasteiger partial charge in [0.2, 0.25) is 0 Å². The maximum Gasteiger partial charge on any atom is 0.189 e. The summed E-state index contributed by atoms with van der Waals surface area (Å²) in [6.45, 7) is 2.19. The quantitative estimate of drug-likeness (QED) is 0.673. The van der Waals surface area contributed by atoms with E-state index in [9.17, 15) is 0 Å². The first-order valence-corrected chi connectivity index (χ1v) is 6.84. The summed E-state index contributed by atoms with van der Waals surface area (Å²) in [7, 11) is 2.12. The summed E-state index contributed by atoms with van der Waals surface area (Å²) in [4.78, 5) is 11.0. The molecule has 1 unspecified atom stereocenters. The number of hydrogen-bond acceptors (Lipinski definition) is 5. The Morgan fingerprint density at radius 2 is 2.35 bits per heavy atom. The van der Waals surface area contributed by atoms with Crippen LogP contribution in [0.25, 0.3) is 0 Å². The van der Waals surface area contributed by atoms with Crippen LogP contribution in [0.2, 0.25) is 0 Å². The lowest BCUT2D eigenvalue weighted by Gasteiger charge is -2.32. The number of anilines is 1. The third kappa shape index (κ3) is 3.72. The molecule has 0 radical (unpaired) electrons. The smallest absolute Gasteiger partial charge is 0.189 e. The lowest BCUT2D eigenvalue weighted by atomic mass is 10.1. The summed E-state index contributed by atoms with van der Waals surface area (Å²) in [6, 6.07) is 2.53. The van der Waals surface area contributed by atoms with E-state index >= 15 is 0 Å².